The van der Waals surface area contributed by atoms with Gasteiger partial charge in [-0.25, -0.2) is 9.37 Å². The largest absolute Gasteiger partial charge is 0.466 e. The minimum atomic E-state index is -0.595. The number of carbonyl (C=O) groups excluding carboxylic acids is 3. The van der Waals surface area contributed by atoms with Gasteiger partial charge in [0.1, 0.15) is 11.1 Å². The summed E-state index contributed by atoms with van der Waals surface area (Å²) < 4.78 is 18.9. The highest BCUT2D eigenvalue weighted by molar-refractivity contribution is 8.00. The number of nitrogens with one attached hydrogen (secondary N) is 2. The van der Waals surface area contributed by atoms with Crippen LogP contribution < -0.4 is 10.6 Å². The summed E-state index contributed by atoms with van der Waals surface area (Å²) in [5, 5.41) is 7.05. The van der Waals surface area contributed by atoms with Gasteiger partial charge in [0.25, 0.3) is 5.91 Å². The molecule has 1 unspecified atom stereocenters. The van der Waals surface area contributed by atoms with E-state index < -0.39 is 17.0 Å². The molecule has 0 saturated carbocycles. The maximum Gasteiger partial charge on any atom is 0.311 e. The number of halogens is 1. The SMILES string of the molecule is CCOC(=O)Cc1csc(NC(=O)C(Sc2ccc(NC(=O)c3ccccc3F)cc2)c2ccccc2)n1. The van der Waals surface area contributed by atoms with Crippen molar-refractivity contribution in [2.75, 3.05) is 17.2 Å². The maximum atomic E-state index is 13.9. The molecule has 10 heteroatoms. The summed E-state index contributed by atoms with van der Waals surface area (Å²) in [5.74, 6) is -1.78. The molecule has 1 heterocycles. The molecular weight excluding hydrogens is 525 g/mol. The predicted molar refractivity (Wildman–Crippen MR) is 147 cm³/mol. The van der Waals surface area contributed by atoms with E-state index >= 15 is 0 Å². The zero-order valence-corrected chi connectivity index (χ0v) is 22.0. The van der Waals surface area contributed by atoms with Crippen molar-refractivity contribution < 1.29 is 23.5 Å². The first-order valence-corrected chi connectivity index (χ1v) is 13.5. The number of thioether (sulfide) groups is 1. The summed E-state index contributed by atoms with van der Waals surface area (Å²) in [6.45, 7) is 2.03. The highest BCUT2D eigenvalue weighted by atomic mass is 32.2. The fourth-order valence-electron chi connectivity index (χ4n) is 3.47. The number of thiazole rings is 1. The molecule has 0 bridgehead atoms. The van der Waals surface area contributed by atoms with Crippen molar-refractivity contribution in [3.8, 4) is 0 Å². The van der Waals surface area contributed by atoms with Gasteiger partial charge >= 0.3 is 5.97 Å². The van der Waals surface area contributed by atoms with Crippen molar-refractivity contribution in [3.63, 3.8) is 0 Å². The van der Waals surface area contributed by atoms with Crippen molar-refractivity contribution in [3.05, 3.63) is 107 Å². The third kappa shape index (κ3) is 7.27. The van der Waals surface area contributed by atoms with Gasteiger partial charge in [0.2, 0.25) is 5.91 Å². The third-order valence-electron chi connectivity index (χ3n) is 5.24. The number of rotatable bonds is 10. The lowest BCUT2D eigenvalue weighted by atomic mass is 10.1. The summed E-state index contributed by atoms with van der Waals surface area (Å²) in [6, 6.07) is 22.1. The predicted octanol–water partition coefficient (Wildman–Crippen LogP) is 6.11. The fraction of sp³-hybridized carbons (Fsp3) is 0.143. The molecule has 3 aromatic carbocycles. The smallest absolute Gasteiger partial charge is 0.311 e. The minimum absolute atomic E-state index is 0.0386. The standard InChI is InChI=1S/C28H24FN3O4S2/c1-2-36-24(33)16-20-17-37-28(31-20)32-27(35)25(18-8-4-3-5-9-18)38-21-14-12-19(13-15-21)30-26(34)22-10-6-7-11-23(22)29/h3-15,17,25H,2,16H2,1H3,(H,30,34)(H,31,32,35). The first kappa shape index (κ1) is 27.0. The van der Waals surface area contributed by atoms with Crippen LogP contribution in [0.2, 0.25) is 0 Å². The van der Waals surface area contributed by atoms with Crippen molar-refractivity contribution in [1.82, 2.24) is 4.98 Å². The Morgan fingerprint density at radius 1 is 0.974 bits per heavy atom. The quantitative estimate of drug-likeness (QED) is 0.183. The second kappa shape index (κ2) is 13.0. The number of nitrogens with zero attached hydrogens (tertiary/aromatic N) is 1. The van der Waals surface area contributed by atoms with E-state index in [0.717, 1.165) is 10.5 Å². The molecule has 0 fully saturated rings. The molecule has 0 aliphatic rings. The minimum Gasteiger partial charge on any atom is -0.466 e. The number of carbonyl (C=O) groups is 3. The van der Waals surface area contributed by atoms with Crippen LogP contribution in [0.1, 0.15) is 33.8 Å². The van der Waals surface area contributed by atoms with Gasteiger partial charge in [0, 0.05) is 16.0 Å². The topological polar surface area (TPSA) is 97.4 Å². The van der Waals surface area contributed by atoms with Gasteiger partial charge in [0.05, 0.1) is 24.3 Å². The molecule has 38 heavy (non-hydrogen) atoms. The average molecular weight is 550 g/mol. The van der Waals surface area contributed by atoms with Gasteiger partial charge in [-0.1, -0.05) is 42.5 Å². The first-order chi connectivity index (χ1) is 18.4. The van der Waals surface area contributed by atoms with Crippen LogP contribution in [0.15, 0.2) is 89.1 Å². The van der Waals surface area contributed by atoms with E-state index in [0.29, 0.717) is 23.1 Å². The van der Waals surface area contributed by atoms with E-state index in [1.54, 1.807) is 42.6 Å². The zero-order valence-electron chi connectivity index (χ0n) is 20.3. The Kier molecular flexibility index (Phi) is 9.23. The van der Waals surface area contributed by atoms with Gasteiger partial charge in [-0.2, -0.15) is 0 Å². The Morgan fingerprint density at radius 3 is 2.39 bits per heavy atom. The van der Waals surface area contributed by atoms with Crippen molar-refractivity contribution in [1.29, 1.82) is 0 Å². The Hall–Kier alpha value is -4.02. The Morgan fingerprint density at radius 2 is 1.68 bits per heavy atom. The highest BCUT2D eigenvalue weighted by Gasteiger charge is 2.23. The van der Waals surface area contributed by atoms with E-state index in [9.17, 15) is 18.8 Å². The van der Waals surface area contributed by atoms with Crippen LogP contribution >= 0.6 is 23.1 Å². The molecular formula is C28H24FN3O4S2. The van der Waals surface area contributed by atoms with Crippen LogP contribution in [0.5, 0.6) is 0 Å². The van der Waals surface area contributed by atoms with Gasteiger partial charge in [-0.3, -0.25) is 14.4 Å². The molecule has 194 valence electrons. The number of esters is 1. The lowest BCUT2D eigenvalue weighted by molar-refractivity contribution is -0.142. The van der Waals surface area contributed by atoms with E-state index in [1.165, 1.54) is 41.3 Å². The molecule has 4 aromatic rings. The van der Waals surface area contributed by atoms with Crippen LogP contribution in [0.4, 0.5) is 15.2 Å². The van der Waals surface area contributed by atoms with Crippen molar-refractivity contribution >= 4 is 51.7 Å². The van der Waals surface area contributed by atoms with E-state index in [-0.39, 0.29) is 23.9 Å². The maximum absolute atomic E-state index is 13.9. The molecule has 7 nitrogen and oxygen atoms in total. The van der Waals surface area contributed by atoms with Crippen LogP contribution in [0, 0.1) is 5.82 Å². The van der Waals surface area contributed by atoms with Crippen molar-refractivity contribution in [2.45, 2.75) is 23.5 Å². The molecule has 1 atom stereocenters. The number of aromatic nitrogens is 1. The normalized spacial score (nSPS) is 11.4. The van der Waals surface area contributed by atoms with Crippen LogP contribution in [0.3, 0.4) is 0 Å². The summed E-state index contributed by atoms with van der Waals surface area (Å²) in [7, 11) is 0. The van der Waals surface area contributed by atoms with Gasteiger partial charge < -0.3 is 15.4 Å². The average Bonchev–Trinajstić information content (AvgIpc) is 3.35. The molecule has 0 radical (unpaired) electrons. The van der Waals surface area contributed by atoms with Crippen LogP contribution in [-0.4, -0.2) is 29.4 Å². The van der Waals surface area contributed by atoms with Crippen molar-refractivity contribution in [2.24, 2.45) is 0 Å². The van der Waals surface area contributed by atoms with E-state index in [1.807, 2.05) is 30.3 Å². The third-order valence-corrected chi connectivity index (χ3v) is 7.31. The molecule has 2 N–H and O–H groups in total. The number of ether oxygens (including phenoxy) is 1. The number of hydrogen-bond donors (Lipinski definition) is 2. The molecule has 0 aliphatic carbocycles. The molecule has 0 saturated heterocycles. The van der Waals surface area contributed by atoms with Gasteiger partial charge in [-0.05, 0) is 48.9 Å². The van der Waals surface area contributed by atoms with Gasteiger partial charge in [-0.15, -0.1) is 23.1 Å². The number of anilines is 2. The van der Waals surface area contributed by atoms with Gasteiger partial charge in [0.15, 0.2) is 5.13 Å². The summed E-state index contributed by atoms with van der Waals surface area (Å²) in [5.41, 5.74) is 1.79. The summed E-state index contributed by atoms with van der Waals surface area (Å²) in [4.78, 5) is 42.6. The molecule has 2 amide bonds. The second-order valence-corrected chi connectivity index (χ2v) is 10.0. The second-order valence-electron chi connectivity index (χ2n) is 7.98. The zero-order chi connectivity index (χ0) is 26.9. The van der Waals surface area contributed by atoms with Crippen LogP contribution in [-0.2, 0) is 20.7 Å². The Balaban J connectivity index is 1.45. The van der Waals surface area contributed by atoms with Crippen LogP contribution in [0.25, 0.3) is 0 Å². The molecule has 0 spiro atoms. The lowest BCUT2D eigenvalue weighted by Crippen LogP contribution is -2.19. The number of benzene rings is 3. The Bertz CT molecular complexity index is 1410. The molecule has 0 aliphatic heterocycles. The van der Waals surface area contributed by atoms with E-state index in [2.05, 4.69) is 15.6 Å². The van der Waals surface area contributed by atoms with E-state index in [4.69, 9.17) is 4.74 Å². The molecule has 4 rings (SSSR count). The number of amides is 2. The first-order valence-electron chi connectivity index (χ1n) is 11.7. The summed E-state index contributed by atoms with van der Waals surface area (Å²) >= 11 is 2.57. The monoisotopic (exact) mass is 549 g/mol. The number of hydrogen-bond acceptors (Lipinski definition) is 7. The Labute approximate surface area is 227 Å². The summed E-state index contributed by atoms with van der Waals surface area (Å²) in [6.07, 6.45) is 0.0386. The highest BCUT2D eigenvalue weighted by Crippen LogP contribution is 2.37. The fourth-order valence-corrected chi connectivity index (χ4v) is 5.21. The molecule has 1 aromatic heterocycles. The lowest BCUT2D eigenvalue weighted by Gasteiger charge is -2.16.